The van der Waals surface area contributed by atoms with Crippen molar-refractivity contribution in [3.8, 4) is 16.9 Å². The summed E-state index contributed by atoms with van der Waals surface area (Å²) in [7, 11) is 0. The van der Waals surface area contributed by atoms with Gasteiger partial charge in [-0.15, -0.1) is 0 Å². The summed E-state index contributed by atoms with van der Waals surface area (Å²) in [5.41, 5.74) is 3.76. The van der Waals surface area contributed by atoms with Crippen LogP contribution in [-0.2, 0) is 10.2 Å². The van der Waals surface area contributed by atoms with E-state index in [1.165, 1.54) is 0 Å². The molecule has 3 rings (SSSR count). The molecule has 23 heavy (non-hydrogen) atoms. The summed E-state index contributed by atoms with van der Waals surface area (Å²) < 4.78 is 16.5. The maximum Gasteiger partial charge on any atom is 0.178 e. The first-order valence-electron chi connectivity index (χ1n) is 7.68. The Kier molecular flexibility index (Phi) is 5.31. The molecule has 0 fully saturated rings. The van der Waals surface area contributed by atoms with E-state index in [4.69, 9.17) is 13.1 Å². The van der Waals surface area contributed by atoms with Crippen LogP contribution in [0.3, 0.4) is 0 Å². The van der Waals surface area contributed by atoms with Gasteiger partial charge in [-0.1, -0.05) is 42.4 Å². The SMILES string of the molecule is CCc1noc2c(-c3ccccc3)c(OCCCOBr)ccc12. The molecular formula is C18H18BrNO3. The second-order valence-electron chi connectivity index (χ2n) is 5.18. The van der Waals surface area contributed by atoms with Crippen LogP contribution in [0.15, 0.2) is 47.0 Å². The van der Waals surface area contributed by atoms with Gasteiger partial charge >= 0.3 is 0 Å². The van der Waals surface area contributed by atoms with E-state index in [-0.39, 0.29) is 0 Å². The van der Waals surface area contributed by atoms with Gasteiger partial charge in [-0.25, -0.2) is 0 Å². The fourth-order valence-electron chi connectivity index (χ4n) is 2.59. The quantitative estimate of drug-likeness (QED) is 0.535. The third-order valence-electron chi connectivity index (χ3n) is 3.70. The van der Waals surface area contributed by atoms with E-state index in [0.29, 0.717) is 13.2 Å². The Balaban J connectivity index is 2.05. The number of aromatic nitrogens is 1. The second kappa shape index (κ2) is 7.62. The standard InChI is InChI=1S/C18H18BrNO3/c1-2-15-14-9-10-16(21-11-6-12-22-19)17(18(14)23-20-15)13-7-4-3-5-8-13/h3-5,7-10H,2,6,11-12H2,1H3. The van der Waals surface area contributed by atoms with E-state index in [0.717, 1.165) is 46.4 Å². The molecule has 120 valence electrons. The number of halogens is 1. The molecule has 0 N–H and O–H groups in total. The summed E-state index contributed by atoms with van der Waals surface area (Å²) in [4.78, 5) is 0. The van der Waals surface area contributed by atoms with Crippen molar-refractivity contribution in [2.24, 2.45) is 0 Å². The highest BCUT2D eigenvalue weighted by molar-refractivity contribution is 9.06. The van der Waals surface area contributed by atoms with E-state index in [1.807, 2.05) is 30.3 Å². The minimum Gasteiger partial charge on any atom is -0.493 e. The van der Waals surface area contributed by atoms with Crippen LogP contribution in [0.5, 0.6) is 5.75 Å². The highest BCUT2D eigenvalue weighted by Crippen LogP contribution is 2.38. The van der Waals surface area contributed by atoms with Gasteiger partial charge < -0.3 is 13.1 Å². The minimum absolute atomic E-state index is 0.575. The maximum atomic E-state index is 5.96. The third kappa shape index (κ3) is 3.41. The first kappa shape index (κ1) is 16.0. The number of hydrogen-bond donors (Lipinski definition) is 0. The van der Waals surface area contributed by atoms with Gasteiger partial charge in [0.15, 0.2) is 5.58 Å². The van der Waals surface area contributed by atoms with E-state index < -0.39 is 0 Å². The summed E-state index contributed by atoms with van der Waals surface area (Å²) in [6.45, 7) is 3.25. The fourth-order valence-corrected chi connectivity index (χ4v) is 2.81. The molecule has 0 bridgehead atoms. The molecule has 0 saturated heterocycles. The van der Waals surface area contributed by atoms with Crippen molar-refractivity contribution >= 4 is 27.2 Å². The first-order valence-corrected chi connectivity index (χ1v) is 8.33. The molecule has 0 amide bonds. The Labute approximate surface area is 143 Å². The van der Waals surface area contributed by atoms with Crippen LogP contribution in [0.4, 0.5) is 0 Å². The average molecular weight is 376 g/mol. The van der Waals surface area contributed by atoms with Gasteiger partial charge in [0, 0.05) is 11.8 Å². The van der Waals surface area contributed by atoms with Gasteiger partial charge in [0.05, 0.1) is 40.7 Å². The molecule has 4 nitrogen and oxygen atoms in total. The molecule has 1 heterocycles. The van der Waals surface area contributed by atoms with Gasteiger partial charge in [0.1, 0.15) is 5.75 Å². The molecular weight excluding hydrogens is 358 g/mol. The molecule has 3 aromatic rings. The van der Waals surface area contributed by atoms with Crippen LogP contribution >= 0.6 is 16.3 Å². The lowest BCUT2D eigenvalue weighted by Gasteiger charge is -2.12. The number of ether oxygens (including phenoxy) is 1. The molecule has 5 heteroatoms. The topological polar surface area (TPSA) is 44.5 Å². The van der Waals surface area contributed by atoms with Crippen molar-refractivity contribution in [2.75, 3.05) is 13.2 Å². The van der Waals surface area contributed by atoms with E-state index in [2.05, 4.69) is 40.5 Å². The molecule has 0 aliphatic rings. The number of benzene rings is 2. The van der Waals surface area contributed by atoms with Crippen LogP contribution in [0.25, 0.3) is 22.1 Å². The third-order valence-corrected chi connectivity index (χ3v) is 4.02. The van der Waals surface area contributed by atoms with Gasteiger partial charge in [-0.05, 0) is 24.1 Å². The van der Waals surface area contributed by atoms with Crippen LogP contribution in [0.1, 0.15) is 19.0 Å². The Morgan fingerprint density at radius 1 is 1.09 bits per heavy atom. The lowest BCUT2D eigenvalue weighted by atomic mass is 10.0. The lowest BCUT2D eigenvalue weighted by Crippen LogP contribution is -2.01. The molecule has 0 aliphatic heterocycles. The van der Waals surface area contributed by atoms with Gasteiger partial charge in [0.2, 0.25) is 0 Å². The average Bonchev–Trinajstić information content (AvgIpc) is 3.02. The summed E-state index contributed by atoms with van der Waals surface area (Å²) in [6.07, 6.45) is 1.64. The summed E-state index contributed by atoms with van der Waals surface area (Å²) in [5, 5.41) is 5.24. The van der Waals surface area contributed by atoms with Crippen molar-refractivity contribution < 1.29 is 13.1 Å². The Bertz CT molecular complexity index is 771. The number of hydrogen-bond acceptors (Lipinski definition) is 4. The molecule has 0 spiro atoms. The van der Waals surface area contributed by atoms with Gasteiger partial charge in [0.25, 0.3) is 0 Å². The van der Waals surface area contributed by atoms with Crippen molar-refractivity contribution in [3.63, 3.8) is 0 Å². The monoisotopic (exact) mass is 375 g/mol. The van der Waals surface area contributed by atoms with E-state index in [9.17, 15) is 0 Å². The molecule has 0 radical (unpaired) electrons. The van der Waals surface area contributed by atoms with Crippen LogP contribution in [0.2, 0.25) is 0 Å². The lowest BCUT2D eigenvalue weighted by molar-refractivity contribution is 0.273. The number of fused-ring (bicyclic) bond motifs is 1. The highest BCUT2D eigenvalue weighted by atomic mass is 79.9. The predicted molar refractivity (Wildman–Crippen MR) is 93.8 cm³/mol. The Morgan fingerprint density at radius 3 is 2.65 bits per heavy atom. The van der Waals surface area contributed by atoms with Crippen LogP contribution in [-0.4, -0.2) is 18.4 Å². The predicted octanol–water partition coefficient (Wildman–Crippen LogP) is 5.15. The van der Waals surface area contributed by atoms with Crippen molar-refractivity contribution in [2.45, 2.75) is 19.8 Å². The number of rotatable bonds is 7. The zero-order valence-electron chi connectivity index (χ0n) is 12.9. The van der Waals surface area contributed by atoms with Crippen LogP contribution in [0, 0.1) is 0 Å². The van der Waals surface area contributed by atoms with Crippen molar-refractivity contribution in [3.05, 3.63) is 48.2 Å². The van der Waals surface area contributed by atoms with Crippen molar-refractivity contribution in [1.29, 1.82) is 0 Å². The molecule has 0 saturated carbocycles. The normalized spacial score (nSPS) is 11.0. The number of nitrogens with zero attached hydrogens (tertiary/aromatic N) is 1. The zero-order chi connectivity index (χ0) is 16.1. The summed E-state index contributed by atoms with van der Waals surface area (Å²) >= 11 is 2.95. The van der Waals surface area contributed by atoms with Crippen LogP contribution < -0.4 is 4.74 Å². The number of aryl methyl sites for hydroxylation is 1. The molecule has 2 aromatic carbocycles. The maximum absolute atomic E-state index is 5.96. The van der Waals surface area contributed by atoms with Crippen molar-refractivity contribution in [1.82, 2.24) is 5.16 Å². The summed E-state index contributed by atoms with van der Waals surface area (Å²) in [6, 6.07) is 14.1. The summed E-state index contributed by atoms with van der Waals surface area (Å²) in [5.74, 6) is 0.803. The van der Waals surface area contributed by atoms with E-state index in [1.54, 1.807) is 0 Å². The largest absolute Gasteiger partial charge is 0.493 e. The van der Waals surface area contributed by atoms with E-state index >= 15 is 0 Å². The molecule has 0 atom stereocenters. The smallest absolute Gasteiger partial charge is 0.178 e. The Morgan fingerprint density at radius 2 is 1.91 bits per heavy atom. The highest BCUT2D eigenvalue weighted by Gasteiger charge is 2.17. The fraction of sp³-hybridized carbons (Fsp3) is 0.278. The molecule has 1 aromatic heterocycles. The molecule has 0 aliphatic carbocycles. The second-order valence-corrected chi connectivity index (χ2v) is 5.64. The minimum atomic E-state index is 0.575. The molecule has 0 unspecified atom stereocenters. The zero-order valence-corrected chi connectivity index (χ0v) is 14.5. The Hall–Kier alpha value is -1.85. The first-order chi connectivity index (χ1) is 11.3. The van der Waals surface area contributed by atoms with Gasteiger partial charge in [-0.2, -0.15) is 0 Å². The van der Waals surface area contributed by atoms with Gasteiger partial charge in [-0.3, -0.25) is 0 Å².